The van der Waals surface area contributed by atoms with E-state index in [0.29, 0.717) is 16.8 Å². The van der Waals surface area contributed by atoms with Crippen LogP contribution in [0.15, 0.2) is 12.1 Å². The van der Waals surface area contributed by atoms with Gasteiger partial charge in [0.2, 0.25) is 0 Å². The fourth-order valence-electron chi connectivity index (χ4n) is 2.18. The molecule has 1 aromatic carbocycles. The molecule has 0 aliphatic carbocycles. The molecule has 2 nitrogen and oxygen atoms in total. The Hall–Kier alpha value is -1.71. The summed E-state index contributed by atoms with van der Waals surface area (Å²) in [6.07, 6.45) is 0. The second-order valence-corrected chi connectivity index (χ2v) is 4.46. The number of anilines is 1. The van der Waals surface area contributed by atoms with Gasteiger partial charge in [-0.05, 0) is 24.5 Å². The number of fused-ring (bicyclic) bond motifs is 1. The van der Waals surface area contributed by atoms with Crippen LogP contribution in [0.25, 0.3) is 10.9 Å². The smallest absolute Gasteiger partial charge is 0.152 e. The summed E-state index contributed by atoms with van der Waals surface area (Å²) < 4.78 is 26.8. The van der Waals surface area contributed by atoms with Crippen molar-refractivity contribution in [1.29, 1.82) is 0 Å². The van der Waals surface area contributed by atoms with Crippen molar-refractivity contribution in [2.24, 2.45) is 0 Å². The molecule has 0 fully saturated rings. The Kier molecular flexibility index (Phi) is 2.73. The van der Waals surface area contributed by atoms with Gasteiger partial charge in [0.1, 0.15) is 11.3 Å². The fourth-order valence-corrected chi connectivity index (χ4v) is 2.18. The zero-order valence-corrected chi connectivity index (χ0v) is 10.0. The lowest BCUT2D eigenvalue weighted by molar-refractivity contribution is 0.590. The molecule has 1 heterocycles. The third-order valence-corrected chi connectivity index (χ3v) is 2.86. The van der Waals surface area contributed by atoms with Gasteiger partial charge < -0.3 is 5.73 Å². The van der Waals surface area contributed by atoms with Gasteiger partial charge in [0, 0.05) is 22.8 Å². The fraction of sp³-hybridized carbons (Fsp3) is 0.308. The van der Waals surface area contributed by atoms with Gasteiger partial charge >= 0.3 is 0 Å². The topological polar surface area (TPSA) is 38.9 Å². The van der Waals surface area contributed by atoms with Crippen molar-refractivity contribution < 1.29 is 8.78 Å². The number of rotatable bonds is 1. The Bertz CT molecular complexity index is 592. The van der Waals surface area contributed by atoms with Gasteiger partial charge in [-0.15, -0.1) is 0 Å². The molecule has 2 rings (SSSR count). The van der Waals surface area contributed by atoms with Gasteiger partial charge in [0.15, 0.2) is 5.82 Å². The Balaban J connectivity index is 2.92. The SMILES string of the molecule is Cc1nc2c(F)cc(F)cc2c(N)c1C(C)C. The normalized spacial score (nSPS) is 11.4. The average molecular weight is 236 g/mol. The molecule has 17 heavy (non-hydrogen) atoms. The molecule has 0 amide bonds. The molecule has 0 radical (unpaired) electrons. The summed E-state index contributed by atoms with van der Waals surface area (Å²) >= 11 is 0. The van der Waals surface area contributed by atoms with Crippen molar-refractivity contribution in [1.82, 2.24) is 4.98 Å². The maximum atomic E-state index is 13.6. The molecular weight excluding hydrogens is 222 g/mol. The molecule has 0 saturated heterocycles. The van der Waals surface area contributed by atoms with Gasteiger partial charge in [-0.3, -0.25) is 0 Å². The number of hydrogen-bond acceptors (Lipinski definition) is 2. The number of pyridine rings is 1. The number of aromatic nitrogens is 1. The number of nitrogens with two attached hydrogens (primary N) is 1. The monoisotopic (exact) mass is 236 g/mol. The highest BCUT2D eigenvalue weighted by atomic mass is 19.1. The van der Waals surface area contributed by atoms with E-state index < -0.39 is 11.6 Å². The minimum absolute atomic E-state index is 0.130. The average Bonchev–Trinajstić information content (AvgIpc) is 2.19. The highest BCUT2D eigenvalue weighted by molar-refractivity contribution is 5.92. The minimum Gasteiger partial charge on any atom is -0.398 e. The number of aryl methyl sites for hydroxylation is 1. The van der Waals surface area contributed by atoms with E-state index in [2.05, 4.69) is 4.98 Å². The standard InChI is InChI=1S/C13H14F2N2/c1-6(2)11-7(3)17-13-9(12(11)16)4-8(14)5-10(13)15/h4-6H,1-3H3,(H2,16,17). The predicted molar refractivity (Wildman–Crippen MR) is 64.9 cm³/mol. The summed E-state index contributed by atoms with van der Waals surface area (Å²) in [7, 11) is 0. The number of benzene rings is 1. The van der Waals surface area contributed by atoms with Gasteiger partial charge in [-0.2, -0.15) is 0 Å². The highest BCUT2D eigenvalue weighted by Crippen LogP contribution is 2.32. The summed E-state index contributed by atoms with van der Waals surface area (Å²) in [4.78, 5) is 4.18. The molecule has 1 aromatic heterocycles. The Morgan fingerprint density at radius 3 is 2.47 bits per heavy atom. The number of halogens is 2. The van der Waals surface area contributed by atoms with Crippen molar-refractivity contribution >= 4 is 16.6 Å². The van der Waals surface area contributed by atoms with Crippen molar-refractivity contribution in [3.8, 4) is 0 Å². The van der Waals surface area contributed by atoms with Crippen LogP contribution in [0.4, 0.5) is 14.5 Å². The third kappa shape index (κ3) is 1.84. The van der Waals surface area contributed by atoms with Crippen LogP contribution in [0.1, 0.15) is 31.0 Å². The summed E-state index contributed by atoms with van der Waals surface area (Å²) in [5, 5.41) is 0.344. The molecule has 0 unspecified atom stereocenters. The van der Waals surface area contributed by atoms with Crippen LogP contribution in [0, 0.1) is 18.6 Å². The van der Waals surface area contributed by atoms with Crippen molar-refractivity contribution in [2.45, 2.75) is 26.7 Å². The van der Waals surface area contributed by atoms with E-state index in [0.717, 1.165) is 11.6 Å². The Morgan fingerprint density at radius 1 is 1.24 bits per heavy atom. The van der Waals surface area contributed by atoms with Gasteiger partial charge in [-0.25, -0.2) is 13.8 Å². The van der Waals surface area contributed by atoms with E-state index >= 15 is 0 Å². The molecule has 0 aliphatic rings. The quantitative estimate of drug-likeness (QED) is 0.822. The van der Waals surface area contributed by atoms with Crippen LogP contribution in [0.2, 0.25) is 0 Å². The molecule has 2 aromatic rings. The number of hydrogen-bond donors (Lipinski definition) is 1. The van der Waals surface area contributed by atoms with Crippen LogP contribution in [-0.4, -0.2) is 4.98 Å². The Labute approximate surface area is 98.5 Å². The zero-order chi connectivity index (χ0) is 12.7. The summed E-state index contributed by atoms with van der Waals surface area (Å²) in [6.45, 7) is 5.73. The molecule has 2 N–H and O–H groups in total. The van der Waals surface area contributed by atoms with E-state index in [-0.39, 0.29) is 11.4 Å². The molecule has 0 spiro atoms. The second-order valence-electron chi connectivity index (χ2n) is 4.46. The summed E-state index contributed by atoms with van der Waals surface area (Å²) in [5.74, 6) is -1.15. The summed E-state index contributed by atoms with van der Waals surface area (Å²) in [6, 6.07) is 2.05. The predicted octanol–water partition coefficient (Wildman–Crippen LogP) is 3.53. The van der Waals surface area contributed by atoms with Crippen LogP contribution in [-0.2, 0) is 0 Å². The van der Waals surface area contributed by atoms with Gasteiger partial charge in [0.05, 0.1) is 0 Å². The van der Waals surface area contributed by atoms with Crippen molar-refractivity contribution in [3.05, 3.63) is 35.0 Å². The Morgan fingerprint density at radius 2 is 1.88 bits per heavy atom. The first-order valence-electron chi connectivity index (χ1n) is 5.46. The molecule has 0 aliphatic heterocycles. The molecule has 90 valence electrons. The molecular formula is C13H14F2N2. The summed E-state index contributed by atoms with van der Waals surface area (Å²) in [5.41, 5.74) is 8.07. The maximum absolute atomic E-state index is 13.6. The van der Waals surface area contributed by atoms with Crippen LogP contribution < -0.4 is 5.73 Å². The molecule has 0 bridgehead atoms. The first kappa shape index (κ1) is 11.8. The van der Waals surface area contributed by atoms with Crippen LogP contribution in [0.5, 0.6) is 0 Å². The van der Waals surface area contributed by atoms with E-state index in [1.165, 1.54) is 6.07 Å². The van der Waals surface area contributed by atoms with Crippen molar-refractivity contribution in [2.75, 3.05) is 5.73 Å². The molecule has 0 saturated carbocycles. The maximum Gasteiger partial charge on any atom is 0.152 e. The van der Waals surface area contributed by atoms with E-state index in [9.17, 15) is 8.78 Å². The highest BCUT2D eigenvalue weighted by Gasteiger charge is 2.16. The third-order valence-electron chi connectivity index (χ3n) is 2.86. The lowest BCUT2D eigenvalue weighted by Gasteiger charge is -2.15. The zero-order valence-electron chi connectivity index (χ0n) is 10.0. The van der Waals surface area contributed by atoms with Crippen molar-refractivity contribution in [3.63, 3.8) is 0 Å². The lowest BCUT2D eigenvalue weighted by Crippen LogP contribution is -2.04. The van der Waals surface area contributed by atoms with Crippen LogP contribution >= 0.6 is 0 Å². The second kappa shape index (κ2) is 3.95. The molecule has 0 atom stereocenters. The van der Waals surface area contributed by atoms with Gasteiger partial charge in [-0.1, -0.05) is 13.8 Å². The number of nitrogens with zero attached hydrogens (tertiary/aromatic N) is 1. The number of nitrogen functional groups attached to an aromatic ring is 1. The van der Waals surface area contributed by atoms with E-state index in [4.69, 9.17) is 5.73 Å². The molecule has 4 heteroatoms. The largest absolute Gasteiger partial charge is 0.398 e. The first-order chi connectivity index (χ1) is 7.91. The first-order valence-corrected chi connectivity index (χ1v) is 5.46. The minimum atomic E-state index is -0.676. The van der Waals surface area contributed by atoms with E-state index in [1.807, 2.05) is 13.8 Å². The van der Waals surface area contributed by atoms with Crippen LogP contribution in [0.3, 0.4) is 0 Å². The van der Waals surface area contributed by atoms with Gasteiger partial charge in [0.25, 0.3) is 0 Å². The van der Waals surface area contributed by atoms with E-state index in [1.54, 1.807) is 6.92 Å². The lowest BCUT2D eigenvalue weighted by atomic mass is 9.97.